The number of aryl methyl sites for hydroxylation is 1. The smallest absolute Gasteiger partial charge is 0.150 e. The van der Waals surface area contributed by atoms with Crippen LogP contribution in [0.2, 0.25) is 0 Å². The molecule has 3 nitrogen and oxygen atoms in total. The van der Waals surface area contributed by atoms with Crippen LogP contribution in [0.5, 0.6) is 0 Å². The van der Waals surface area contributed by atoms with E-state index in [4.69, 9.17) is 10.5 Å². The molecule has 1 fully saturated rings. The Kier molecular flexibility index (Phi) is 57.6. The largest absolute Gasteiger partial charge is 0.298 e. The minimum absolute atomic E-state index is 0. The van der Waals surface area contributed by atoms with Crippen LogP contribution in [-0.4, -0.2) is 16.8 Å². The molecule has 2 aromatic rings. The zero-order chi connectivity index (χ0) is 21.8. The van der Waals surface area contributed by atoms with Crippen molar-refractivity contribution in [3.63, 3.8) is 0 Å². The second-order valence-corrected chi connectivity index (χ2v) is 4.60. The first-order valence-electron chi connectivity index (χ1n) is 9.19. The summed E-state index contributed by atoms with van der Waals surface area (Å²) in [6, 6.07) is 19.4. The highest BCUT2D eigenvalue weighted by Crippen LogP contribution is 2.15. The molecule has 1 aliphatic rings. The molecule has 0 spiro atoms. The lowest BCUT2D eigenvalue weighted by atomic mass is 10.0. The van der Waals surface area contributed by atoms with Gasteiger partial charge in [0.2, 0.25) is 0 Å². The van der Waals surface area contributed by atoms with Gasteiger partial charge in [0, 0.05) is 42.8 Å². The Morgan fingerprint density at radius 2 is 1.00 bits per heavy atom. The quantitative estimate of drug-likeness (QED) is 0.133. The second-order valence-electron chi connectivity index (χ2n) is 4.60. The van der Waals surface area contributed by atoms with Crippen LogP contribution in [0.25, 0.3) is 0 Å². The van der Waals surface area contributed by atoms with Crippen LogP contribution in [0.1, 0.15) is 69.3 Å². The van der Waals surface area contributed by atoms with Gasteiger partial charge in [0.1, 0.15) is 6.29 Å². The van der Waals surface area contributed by atoms with E-state index in [1.54, 1.807) is 12.1 Å². The zero-order valence-electron chi connectivity index (χ0n) is 17.6. The Morgan fingerprint density at radius 3 is 1.14 bits per heavy atom. The van der Waals surface area contributed by atoms with E-state index in [0.29, 0.717) is 0 Å². The summed E-state index contributed by atoms with van der Waals surface area (Å²) in [6.45, 7) is 10.1. The Morgan fingerprint density at radius 1 is 0.714 bits per heavy atom. The van der Waals surface area contributed by atoms with Gasteiger partial charge in [-0.25, -0.2) is 0 Å². The zero-order valence-corrected chi connectivity index (χ0v) is 24.3. The standard InChI is InChI=1S/C7H6O.C7H8.C4H8.2C2H6.I2.HI.H2O2/c8-6-7-4-2-1-3-5-7;1-7-5-3-2-4-6-7;1-2-4-3-1;3*1-2;;1-2/h1-6H;2-6H,1H3;1-4H2;2*1-2H3;;1H;1-2H. The van der Waals surface area contributed by atoms with Gasteiger partial charge in [0.25, 0.3) is 0 Å². The third-order valence-corrected chi connectivity index (χ3v) is 2.88. The normalized spacial score (nSPS) is 8.89. The fourth-order valence-corrected chi connectivity index (χ4v) is 1.32. The van der Waals surface area contributed by atoms with Crippen molar-refractivity contribution in [3.8, 4) is 0 Å². The highest BCUT2D eigenvalue weighted by molar-refractivity contribution is 15.0. The van der Waals surface area contributed by atoms with Gasteiger partial charge in [-0.3, -0.25) is 15.3 Å². The van der Waals surface area contributed by atoms with Crippen LogP contribution in [0, 0.1) is 6.92 Å². The summed E-state index contributed by atoms with van der Waals surface area (Å²) in [5.74, 6) is 0. The highest BCUT2D eigenvalue weighted by Gasteiger charge is 1.95. The number of hydrogen-bond donors (Lipinski definition) is 2. The van der Waals surface area contributed by atoms with Gasteiger partial charge in [0.15, 0.2) is 0 Å². The molecule has 0 bridgehead atoms. The molecule has 0 atom stereocenters. The van der Waals surface area contributed by atoms with Crippen LogP contribution in [0.15, 0.2) is 60.7 Å². The van der Waals surface area contributed by atoms with Gasteiger partial charge in [-0.15, -0.1) is 24.0 Å². The molecule has 0 aromatic heterocycles. The van der Waals surface area contributed by atoms with Crippen molar-refractivity contribution in [2.24, 2.45) is 0 Å². The summed E-state index contributed by atoms with van der Waals surface area (Å²) in [4.78, 5) is 10.0. The SMILES string of the molecule is C1CCC1.CC.CC.Cc1ccccc1.I.II.O=Cc1ccccc1.OO. The molecule has 164 valence electrons. The first-order chi connectivity index (χ1) is 13.3. The molecule has 1 aliphatic carbocycles. The van der Waals surface area contributed by atoms with E-state index in [0.717, 1.165) is 11.8 Å². The van der Waals surface area contributed by atoms with Crippen molar-refractivity contribution in [3.05, 3.63) is 71.8 Å². The van der Waals surface area contributed by atoms with Gasteiger partial charge in [0.05, 0.1) is 0 Å². The van der Waals surface area contributed by atoms with Gasteiger partial charge in [-0.05, 0) is 6.92 Å². The van der Waals surface area contributed by atoms with Gasteiger partial charge in [-0.1, -0.05) is 120 Å². The second kappa shape index (κ2) is 41.6. The van der Waals surface area contributed by atoms with Crippen LogP contribution in [-0.2, 0) is 0 Å². The van der Waals surface area contributed by atoms with Crippen LogP contribution in [0.4, 0.5) is 0 Å². The lowest BCUT2D eigenvalue weighted by Gasteiger charge is -2.05. The summed E-state index contributed by atoms with van der Waals surface area (Å²) >= 11 is 4.24. The maximum atomic E-state index is 10.0. The van der Waals surface area contributed by atoms with E-state index in [1.807, 2.05) is 64.1 Å². The first-order valence-corrected chi connectivity index (χ1v) is 15.5. The topological polar surface area (TPSA) is 57.5 Å². The molecule has 3 rings (SSSR count). The molecule has 0 heterocycles. The molecule has 0 saturated heterocycles. The minimum Gasteiger partial charge on any atom is -0.298 e. The van der Waals surface area contributed by atoms with E-state index < -0.39 is 0 Å². The third-order valence-electron chi connectivity index (χ3n) is 2.88. The van der Waals surface area contributed by atoms with Crippen molar-refractivity contribution >= 4 is 67.5 Å². The average molecular weight is 730 g/mol. The number of benzene rings is 2. The maximum Gasteiger partial charge on any atom is 0.150 e. The fraction of sp³-hybridized carbons (Fsp3) is 0.409. The van der Waals surface area contributed by atoms with Crippen LogP contribution < -0.4 is 0 Å². The van der Waals surface area contributed by atoms with E-state index in [9.17, 15) is 4.79 Å². The number of aldehydes is 1. The molecule has 28 heavy (non-hydrogen) atoms. The summed E-state index contributed by atoms with van der Waals surface area (Å²) < 4.78 is 0. The number of carbonyl (C=O) groups is 1. The molecule has 0 radical (unpaired) electrons. The van der Waals surface area contributed by atoms with E-state index in [1.165, 1.54) is 31.2 Å². The summed E-state index contributed by atoms with van der Waals surface area (Å²) in [5, 5.41) is 12.0. The predicted octanol–water partition coefficient (Wildman–Crippen LogP) is 9.51. The average Bonchev–Trinajstić information content (AvgIpc) is 2.74. The lowest BCUT2D eigenvalue weighted by Crippen LogP contribution is -1.85. The monoisotopic (exact) mass is 730 g/mol. The van der Waals surface area contributed by atoms with Crippen molar-refractivity contribution in [1.29, 1.82) is 0 Å². The van der Waals surface area contributed by atoms with Gasteiger partial charge in [-0.2, -0.15) is 0 Å². The van der Waals surface area contributed by atoms with Gasteiger partial charge < -0.3 is 0 Å². The third kappa shape index (κ3) is 33.8. The Hall–Kier alpha value is 0.220. The van der Waals surface area contributed by atoms with Gasteiger partial charge >= 0.3 is 0 Å². The van der Waals surface area contributed by atoms with Crippen molar-refractivity contribution < 1.29 is 15.3 Å². The Bertz CT molecular complexity index is 447. The summed E-state index contributed by atoms with van der Waals surface area (Å²) in [6.07, 6.45) is 6.83. The first kappa shape index (κ1) is 38.8. The van der Waals surface area contributed by atoms with E-state index >= 15 is 0 Å². The van der Waals surface area contributed by atoms with E-state index in [-0.39, 0.29) is 24.0 Å². The fourth-order valence-electron chi connectivity index (χ4n) is 1.32. The molecule has 0 unspecified atom stereocenters. The van der Waals surface area contributed by atoms with Crippen molar-refractivity contribution in [2.75, 3.05) is 0 Å². The number of carbonyl (C=O) groups excluding carboxylic acids is 1. The minimum atomic E-state index is 0. The summed E-state index contributed by atoms with van der Waals surface area (Å²) in [7, 11) is 0. The van der Waals surface area contributed by atoms with Crippen LogP contribution in [0.3, 0.4) is 0 Å². The number of hydrogen-bond acceptors (Lipinski definition) is 3. The Balaban J connectivity index is -0.0000000808. The van der Waals surface area contributed by atoms with Crippen LogP contribution >= 0.6 is 61.2 Å². The van der Waals surface area contributed by atoms with Crippen molar-refractivity contribution in [1.82, 2.24) is 0 Å². The summed E-state index contributed by atoms with van der Waals surface area (Å²) in [5.41, 5.74) is 2.05. The van der Waals surface area contributed by atoms with Crippen molar-refractivity contribution in [2.45, 2.75) is 60.3 Å². The van der Waals surface area contributed by atoms with E-state index in [2.05, 4.69) is 56.3 Å². The molecule has 1 saturated carbocycles. The molecular weight excluding hydrogens is 693 g/mol. The number of halogens is 3. The molecule has 0 aliphatic heterocycles. The molecule has 2 N–H and O–H groups in total. The lowest BCUT2D eigenvalue weighted by molar-refractivity contribution is -0.176. The highest BCUT2D eigenvalue weighted by atomic mass is 128. The Labute approximate surface area is 213 Å². The molecule has 2 aromatic carbocycles. The molecule has 6 heteroatoms. The predicted molar refractivity (Wildman–Crippen MR) is 153 cm³/mol. The molecule has 0 amide bonds. The maximum absolute atomic E-state index is 10.0. The number of rotatable bonds is 1. The molecular formula is C22H37I3O3.